The second kappa shape index (κ2) is 5.31. The third-order valence-electron chi connectivity index (χ3n) is 1.50. The van der Waals surface area contributed by atoms with E-state index in [0.717, 1.165) is 5.82 Å². The van der Waals surface area contributed by atoms with Gasteiger partial charge >= 0.3 is 5.97 Å². The van der Waals surface area contributed by atoms with Crippen molar-refractivity contribution < 1.29 is 9.90 Å². The van der Waals surface area contributed by atoms with E-state index in [-0.39, 0.29) is 7.43 Å². The highest BCUT2D eigenvalue weighted by atomic mass is 16.4. The van der Waals surface area contributed by atoms with E-state index in [1.165, 1.54) is 0 Å². The molecule has 1 heterocycles. The zero-order chi connectivity index (χ0) is 8.97. The van der Waals surface area contributed by atoms with E-state index < -0.39 is 12.0 Å². The van der Waals surface area contributed by atoms with E-state index in [4.69, 9.17) is 5.11 Å². The molecule has 1 aromatic rings. The third-order valence-corrected chi connectivity index (χ3v) is 1.50. The number of carboxylic acids is 1. The summed E-state index contributed by atoms with van der Waals surface area (Å²) in [6.07, 6.45) is 3.32. The van der Waals surface area contributed by atoms with Crippen LogP contribution < -0.4 is 5.32 Å². The Bertz CT molecular complexity index is 246. The number of nitrogens with one attached hydrogen (secondary N) is 2. The van der Waals surface area contributed by atoms with Gasteiger partial charge in [0.1, 0.15) is 11.9 Å². The molecule has 0 amide bonds. The molecule has 0 saturated heterocycles. The predicted molar refractivity (Wildman–Crippen MR) is 49.3 cm³/mol. The molecule has 0 aliphatic rings. The van der Waals surface area contributed by atoms with Gasteiger partial charge in [0.15, 0.2) is 0 Å². The zero-order valence-electron chi connectivity index (χ0n) is 6.74. The van der Waals surface area contributed by atoms with Gasteiger partial charge in [-0.05, 0) is 6.92 Å². The molecule has 0 bridgehead atoms. The first-order chi connectivity index (χ1) is 5.70. The van der Waals surface area contributed by atoms with Crippen molar-refractivity contribution in [2.24, 2.45) is 0 Å². The molecular weight excluding hydrogens is 170 g/mol. The fourth-order valence-corrected chi connectivity index (χ4v) is 0.732. The number of carbonyl (C=O) groups is 1. The summed E-state index contributed by atoms with van der Waals surface area (Å²) in [6, 6.07) is -0.546. The van der Waals surface area contributed by atoms with Crippen LogP contribution in [-0.2, 0) is 11.3 Å². The van der Waals surface area contributed by atoms with Gasteiger partial charge in [-0.25, -0.2) is 4.98 Å². The number of carboxylic acid groups (broad SMARTS) is 1. The normalized spacial score (nSPS) is 11.8. The number of aromatic nitrogens is 2. The summed E-state index contributed by atoms with van der Waals surface area (Å²) in [6.45, 7) is 2.03. The Balaban J connectivity index is 0.00000144. The average Bonchev–Trinajstić information content (AvgIpc) is 2.51. The SMILES string of the molecule is C.CC(NCc1ncc[nH]1)C(=O)O. The Hall–Kier alpha value is -1.36. The van der Waals surface area contributed by atoms with Crippen LogP contribution in [0.5, 0.6) is 0 Å². The van der Waals surface area contributed by atoms with Gasteiger partial charge in [0.2, 0.25) is 0 Å². The Morgan fingerprint density at radius 3 is 3.00 bits per heavy atom. The van der Waals surface area contributed by atoms with E-state index in [1.54, 1.807) is 19.3 Å². The summed E-state index contributed by atoms with van der Waals surface area (Å²) >= 11 is 0. The Labute approximate surface area is 77.2 Å². The first-order valence-electron chi connectivity index (χ1n) is 3.64. The van der Waals surface area contributed by atoms with Gasteiger partial charge in [-0.2, -0.15) is 0 Å². The lowest BCUT2D eigenvalue weighted by Crippen LogP contribution is -2.33. The monoisotopic (exact) mass is 185 g/mol. The fourth-order valence-electron chi connectivity index (χ4n) is 0.732. The number of H-pyrrole nitrogens is 1. The molecule has 0 aromatic carbocycles. The maximum Gasteiger partial charge on any atom is 0.320 e. The molecule has 0 aliphatic carbocycles. The van der Waals surface area contributed by atoms with E-state index >= 15 is 0 Å². The molecule has 1 unspecified atom stereocenters. The summed E-state index contributed by atoms with van der Waals surface area (Å²) in [5.74, 6) is -0.121. The van der Waals surface area contributed by atoms with Crippen LogP contribution in [-0.4, -0.2) is 27.1 Å². The molecule has 13 heavy (non-hydrogen) atoms. The van der Waals surface area contributed by atoms with E-state index in [2.05, 4.69) is 15.3 Å². The van der Waals surface area contributed by atoms with Gasteiger partial charge in [0.05, 0.1) is 6.54 Å². The van der Waals surface area contributed by atoms with Crippen LogP contribution in [0.15, 0.2) is 12.4 Å². The Morgan fingerprint density at radius 2 is 2.54 bits per heavy atom. The van der Waals surface area contributed by atoms with Gasteiger partial charge in [0, 0.05) is 12.4 Å². The molecule has 1 aromatic heterocycles. The molecule has 0 spiro atoms. The summed E-state index contributed by atoms with van der Waals surface area (Å²) < 4.78 is 0. The lowest BCUT2D eigenvalue weighted by atomic mass is 10.3. The highest BCUT2D eigenvalue weighted by molar-refractivity contribution is 5.72. The standard InChI is InChI=1S/C7H11N3O2.CH4/c1-5(7(11)12)10-4-6-8-2-3-9-6;/h2-3,5,10H,4H2,1H3,(H,8,9)(H,11,12);1H4. The summed E-state index contributed by atoms with van der Waals surface area (Å²) in [5, 5.41) is 11.3. The molecule has 1 rings (SSSR count). The van der Waals surface area contributed by atoms with Crippen molar-refractivity contribution in [2.75, 3.05) is 0 Å². The molecule has 5 nitrogen and oxygen atoms in total. The quantitative estimate of drug-likeness (QED) is 0.642. The topological polar surface area (TPSA) is 78.0 Å². The van der Waals surface area contributed by atoms with Crippen molar-refractivity contribution in [2.45, 2.75) is 26.9 Å². The number of imidazole rings is 1. The third kappa shape index (κ3) is 3.71. The second-order valence-electron chi connectivity index (χ2n) is 2.48. The van der Waals surface area contributed by atoms with Crippen LogP contribution in [0.25, 0.3) is 0 Å². The molecule has 0 saturated carbocycles. The van der Waals surface area contributed by atoms with E-state index in [9.17, 15) is 4.79 Å². The van der Waals surface area contributed by atoms with E-state index in [1.807, 2.05) is 0 Å². The number of nitrogens with zero attached hydrogens (tertiary/aromatic N) is 1. The van der Waals surface area contributed by atoms with Crippen molar-refractivity contribution in [3.05, 3.63) is 18.2 Å². The summed E-state index contributed by atoms with van der Waals surface area (Å²) in [7, 11) is 0. The highest BCUT2D eigenvalue weighted by Gasteiger charge is 2.09. The van der Waals surface area contributed by atoms with Crippen LogP contribution in [0.1, 0.15) is 20.2 Å². The average molecular weight is 185 g/mol. The minimum absolute atomic E-state index is 0. The largest absolute Gasteiger partial charge is 0.480 e. The van der Waals surface area contributed by atoms with Gasteiger partial charge in [-0.1, -0.05) is 7.43 Å². The molecule has 0 radical (unpaired) electrons. The minimum Gasteiger partial charge on any atom is -0.480 e. The maximum atomic E-state index is 10.4. The molecular formula is C8H15N3O2. The minimum atomic E-state index is -0.860. The molecule has 5 heteroatoms. The van der Waals surface area contributed by atoms with Gasteiger partial charge in [-0.3, -0.25) is 10.1 Å². The smallest absolute Gasteiger partial charge is 0.320 e. The van der Waals surface area contributed by atoms with Crippen LogP contribution in [0.2, 0.25) is 0 Å². The van der Waals surface area contributed by atoms with E-state index in [0.29, 0.717) is 6.54 Å². The van der Waals surface area contributed by atoms with Gasteiger partial charge < -0.3 is 10.1 Å². The number of aromatic amines is 1. The lowest BCUT2D eigenvalue weighted by molar-refractivity contribution is -0.139. The Kier molecular flexibility index (Phi) is 4.76. The molecule has 74 valence electrons. The van der Waals surface area contributed by atoms with Crippen molar-refractivity contribution >= 4 is 5.97 Å². The zero-order valence-corrected chi connectivity index (χ0v) is 6.74. The Morgan fingerprint density at radius 1 is 1.85 bits per heavy atom. The van der Waals surface area contributed by atoms with Crippen LogP contribution >= 0.6 is 0 Å². The number of hydrogen-bond donors (Lipinski definition) is 3. The molecule has 1 atom stereocenters. The van der Waals surface area contributed by atoms with Crippen molar-refractivity contribution in [3.8, 4) is 0 Å². The van der Waals surface area contributed by atoms with Crippen molar-refractivity contribution in [1.82, 2.24) is 15.3 Å². The van der Waals surface area contributed by atoms with Crippen molar-refractivity contribution in [1.29, 1.82) is 0 Å². The lowest BCUT2D eigenvalue weighted by Gasteiger charge is -2.06. The molecule has 0 fully saturated rings. The van der Waals surface area contributed by atoms with Crippen LogP contribution in [0.4, 0.5) is 0 Å². The molecule has 3 N–H and O–H groups in total. The number of hydrogen-bond acceptors (Lipinski definition) is 3. The second-order valence-corrected chi connectivity index (χ2v) is 2.48. The summed E-state index contributed by atoms with van der Waals surface area (Å²) in [5.41, 5.74) is 0. The first-order valence-corrected chi connectivity index (χ1v) is 3.64. The maximum absolute atomic E-state index is 10.4. The first kappa shape index (κ1) is 11.6. The van der Waals surface area contributed by atoms with Crippen LogP contribution in [0, 0.1) is 0 Å². The molecule has 0 aliphatic heterocycles. The van der Waals surface area contributed by atoms with Gasteiger partial charge in [0.25, 0.3) is 0 Å². The number of aliphatic carboxylic acids is 1. The fraction of sp³-hybridized carbons (Fsp3) is 0.500. The predicted octanol–water partition coefficient (Wildman–Crippen LogP) is 0.608. The van der Waals surface area contributed by atoms with Crippen molar-refractivity contribution in [3.63, 3.8) is 0 Å². The highest BCUT2D eigenvalue weighted by Crippen LogP contribution is 1.89. The van der Waals surface area contributed by atoms with Crippen LogP contribution in [0.3, 0.4) is 0 Å². The number of rotatable bonds is 4. The summed E-state index contributed by atoms with van der Waals surface area (Å²) in [4.78, 5) is 17.2. The van der Waals surface area contributed by atoms with Gasteiger partial charge in [-0.15, -0.1) is 0 Å².